The van der Waals surface area contributed by atoms with Crippen molar-refractivity contribution >= 4 is 28.8 Å². The molecule has 1 atom stereocenters. The first-order valence-corrected chi connectivity index (χ1v) is 9.96. The van der Waals surface area contributed by atoms with Crippen molar-refractivity contribution in [3.8, 4) is 11.5 Å². The smallest absolute Gasteiger partial charge is 0.315 e. The summed E-state index contributed by atoms with van der Waals surface area (Å²) in [7, 11) is 1.41. The summed E-state index contributed by atoms with van der Waals surface area (Å²) in [6, 6.07) is 9.99. The van der Waals surface area contributed by atoms with Crippen molar-refractivity contribution in [2.45, 2.75) is 33.4 Å². The number of Topliss-reactive ketones (excluding diaryl/α,β-unsaturated/α-hetero) is 1. The van der Waals surface area contributed by atoms with Gasteiger partial charge in [-0.15, -0.1) is 0 Å². The largest absolute Gasteiger partial charge is 0.493 e. The van der Waals surface area contributed by atoms with Crippen molar-refractivity contribution in [2.75, 3.05) is 7.11 Å². The van der Waals surface area contributed by atoms with E-state index in [1.807, 2.05) is 31.2 Å². The molecule has 0 aromatic heterocycles. The molecular weight excluding hydrogens is 418 g/mol. The Morgan fingerprint density at radius 1 is 1.26 bits per heavy atom. The number of nitrogens with zero attached hydrogens (tertiary/aromatic N) is 1. The molecule has 0 aliphatic carbocycles. The SMILES string of the molecule is COc1cc(C2NC(=S)NC(C)=C2C(C)=O)cc([N+](=O)[O-])c1OCc1ccccc1C. The van der Waals surface area contributed by atoms with Gasteiger partial charge in [0.1, 0.15) is 6.61 Å². The quantitative estimate of drug-likeness (QED) is 0.379. The first kappa shape index (κ1) is 22.2. The van der Waals surface area contributed by atoms with Gasteiger partial charge < -0.3 is 20.1 Å². The van der Waals surface area contributed by atoms with Gasteiger partial charge in [0, 0.05) is 17.3 Å². The number of nitro benzene ring substituents is 1. The predicted molar refractivity (Wildman–Crippen MR) is 120 cm³/mol. The number of thiocarbonyl (C=S) groups is 1. The van der Waals surface area contributed by atoms with E-state index in [0.29, 0.717) is 21.9 Å². The molecule has 162 valence electrons. The van der Waals surface area contributed by atoms with Crippen LogP contribution in [-0.4, -0.2) is 22.9 Å². The van der Waals surface area contributed by atoms with Gasteiger partial charge in [0.15, 0.2) is 16.6 Å². The number of nitrogens with one attached hydrogen (secondary N) is 2. The van der Waals surface area contributed by atoms with Crippen molar-refractivity contribution < 1.29 is 19.2 Å². The van der Waals surface area contributed by atoms with E-state index >= 15 is 0 Å². The monoisotopic (exact) mass is 441 g/mol. The zero-order chi connectivity index (χ0) is 22.7. The number of benzene rings is 2. The average molecular weight is 442 g/mol. The fourth-order valence-corrected chi connectivity index (χ4v) is 3.81. The Balaban J connectivity index is 2.07. The van der Waals surface area contributed by atoms with Crippen molar-refractivity contribution in [1.29, 1.82) is 0 Å². The second-order valence-corrected chi connectivity index (χ2v) is 7.58. The van der Waals surface area contributed by atoms with Crippen LogP contribution in [0.4, 0.5) is 5.69 Å². The fraction of sp³-hybridized carbons (Fsp3) is 0.273. The standard InChI is InChI=1S/C22H23N3O5S/c1-12-7-5-6-8-15(12)11-30-21-17(25(27)28)9-16(10-18(21)29-4)20-19(14(3)26)13(2)23-22(31)24-20/h5-10,20H,11H2,1-4H3,(H2,23,24,31). The maximum Gasteiger partial charge on any atom is 0.315 e. The van der Waals surface area contributed by atoms with Crippen LogP contribution in [0.5, 0.6) is 11.5 Å². The van der Waals surface area contributed by atoms with E-state index in [0.717, 1.165) is 11.1 Å². The minimum atomic E-state index is -0.649. The van der Waals surface area contributed by atoms with Crippen LogP contribution in [0, 0.1) is 17.0 Å². The number of methoxy groups -OCH3 is 1. The Morgan fingerprint density at radius 2 is 1.97 bits per heavy atom. The number of rotatable bonds is 7. The number of carbonyl (C=O) groups excluding carboxylic acids is 1. The van der Waals surface area contributed by atoms with E-state index in [2.05, 4.69) is 10.6 Å². The third kappa shape index (κ3) is 4.66. The van der Waals surface area contributed by atoms with Crippen molar-refractivity contribution in [3.63, 3.8) is 0 Å². The number of allylic oxidation sites excluding steroid dienone is 1. The van der Waals surface area contributed by atoms with E-state index in [-0.39, 0.29) is 29.6 Å². The van der Waals surface area contributed by atoms with Crippen LogP contribution in [-0.2, 0) is 11.4 Å². The van der Waals surface area contributed by atoms with Crippen molar-refractivity contribution in [2.24, 2.45) is 0 Å². The number of hydrogen-bond acceptors (Lipinski definition) is 6. The molecule has 0 radical (unpaired) electrons. The third-order valence-corrected chi connectivity index (χ3v) is 5.31. The van der Waals surface area contributed by atoms with Crippen molar-refractivity contribution in [1.82, 2.24) is 10.6 Å². The van der Waals surface area contributed by atoms with Gasteiger partial charge in [-0.25, -0.2) is 0 Å². The number of nitro groups is 1. The Bertz CT molecular complexity index is 1100. The van der Waals surface area contributed by atoms with Gasteiger partial charge in [0.2, 0.25) is 5.75 Å². The zero-order valence-electron chi connectivity index (χ0n) is 17.6. The predicted octanol–water partition coefficient (Wildman–Crippen LogP) is 3.87. The molecule has 3 rings (SSSR count). The number of ether oxygens (including phenoxy) is 2. The van der Waals surface area contributed by atoms with Crippen molar-refractivity contribution in [3.05, 3.63) is 74.5 Å². The lowest BCUT2D eigenvalue weighted by Crippen LogP contribution is -2.44. The Kier molecular flexibility index (Phi) is 6.55. The van der Waals surface area contributed by atoms with Gasteiger partial charge in [-0.1, -0.05) is 24.3 Å². The lowest BCUT2D eigenvalue weighted by atomic mass is 9.92. The van der Waals surface area contributed by atoms with Gasteiger partial charge in [0.25, 0.3) is 0 Å². The van der Waals surface area contributed by atoms with E-state index in [1.54, 1.807) is 13.0 Å². The topological polar surface area (TPSA) is 103 Å². The summed E-state index contributed by atoms with van der Waals surface area (Å²) >= 11 is 5.22. The van der Waals surface area contributed by atoms with Gasteiger partial charge in [0.05, 0.1) is 18.1 Å². The summed E-state index contributed by atoms with van der Waals surface area (Å²) in [6.45, 7) is 5.27. The number of hydrogen-bond donors (Lipinski definition) is 2. The summed E-state index contributed by atoms with van der Waals surface area (Å²) in [6.07, 6.45) is 0. The number of carbonyl (C=O) groups is 1. The molecular formula is C22H23N3O5S. The molecule has 1 aliphatic rings. The van der Waals surface area contributed by atoms with Gasteiger partial charge in [-0.2, -0.15) is 0 Å². The van der Waals surface area contributed by atoms with Gasteiger partial charge in [-0.3, -0.25) is 14.9 Å². The van der Waals surface area contributed by atoms with Crippen LogP contribution in [0.2, 0.25) is 0 Å². The molecule has 31 heavy (non-hydrogen) atoms. The molecule has 0 spiro atoms. The van der Waals surface area contributed by atoms with Crippen LogP contribution < -0.4 is 20.1 Å². The van der Waals surface area contributed by atoms with E-state index in [9.17, 15) is 14.9 Å². The summed E-state index contributed by atoms with van der Waals surface area (Å²) in [4.78, 5) is 23.6. The fourth-order valence-electron chi connectivity index (χ4n) is 3.54. The Labute approximate surface area is 185 Å². The summed E-state index contributed by atoms with van der Waals surface area (Å²) in [5.74, 6) is 0.0529. The minimum Gasteiger partial charge on any atom is -0.493 e. The normalized spacial score (nSPS) is 15.7. The summed E-state index contributed by atoms with van der Waals surface area (Å²) < 4.78 is 11.3. The molecule has 1 aliphatic heterocycles. The first-order chi connectivity index (χ1) is 14.7. The van der Waals surface area contributed by atoms with Crippen LogP contribution in [0.3, 0.4) is 0 Å². The number of aryl methyl sites for hydroxylation is 1. The number of ketones is 1. The maximum absolute atomic E-state index is 12.3. The molecule has 2 aromatic rings. The van der Waals surface area contributed by atoms with E-state index in [1.165, 1.54) is 20.1 Å². The van der Waals surface area contributed by atoms with E-state index in [4.69, 9.17) is 21.7 Å². The second-order valence-electron chi connectivity index (χ2n) is 7.17. The first-order valence-electron chi connectivity index (χ1n) is 9.55. The second kappa shape index (κ2) is 9.13. The van der Waals surface area contributed by atoms with Crippen LogP contribution in [0.1, 0.15) is 36.6 Å². The summed E-state index contributed by atoms with van der Waals surface area (Å²) in [5.41, 5.74) is 3.18. The van der Waals surface area contributed by atoms with Gasteiger partial charge in [-0.05, 0) is 55.7 Å². The highest BCUT2D eigenvalue weighted by Crippen LogP contribution is 2.42. The lowest BCUT2D eigenvalue weighted by Gasteiger charge is -2.30. The molecule has 1 heterocycles. The van der Waals surface area contributed by atoms with Crippen LogP contribution >= 0.6 is 12.2 Å². The highest BCUT2D eigenvalue weighted by molar-refractivity contribution is 7.80. The molecule has 0 saturated carbocycles. The molecule has 0 amide bonds. The minimum absolute atomic E-state index is 0.0288. The highest BCUT2D eigenvalue weighted by atomic mass is 32.1. The average Bonchev–Trinajstić information content (AvgIpc) is 2.71. The lowest BCUT2D eigenvalue weighted by molar-refractivity contribution is -0.386. The molecule has 0 fully saturated rings. The summed E-state index contributed by atoms with van der Waals surface area (Å²) in [5, 5.41) is 18.1. The van der Waals surface area contributed by atoms with Gasteiger partial charge >= 0.3 is 5.69 Å². The Hall–Kier alpha value is -3.46. The molecule has 8 nitrogen and oxygen atoms in total. The van der Waals surface area contributed by atoms with Crippen LogP contribution in [0.15, 0.2) is 47.7 Å². The van der Waals surface area contributed by atoms with Crippen LogP contribution in [0.25, 0.3) is 0 Å². The molecule has 2 aromatic carbocycles. The molecule has 2 N–H and O–H groups in total. The Morgan fingerprint density at radius 3 is 2.58 bits per heavy atom. The molecule has 0 saturated heterocycles. The highest BCUT2D eigenvalue weighted by Gasteiger charge is 2.31. The zero-order valence-corrected chi connectivity index (χ0v) is 18.5. The molecule has 0 bridgehead atoms. The third-order valence-electron chi connectivity index (χ3n) is 5.09. The molecule has 9 heteroatoms. The maximum atomic E-state index is 12.3. The van der Waals surface area contributed by atoms with E-state index < -0.39 is 11.0 Å². The molecule has 1 unspecified atom stereocenters.